The molecule has 3 aromatic rings. The molecular weight excluding hydrogens is 307 g/mol. The van der Waals surface area contributed by atoms with Crippen molar-refractivity contribution in [2.45, 2.75) is 13.3 Å². The van der Waals surface area contributed by atoms with Gasteiger partial charge in [-0.15, -0.1) is 0 Å². The van der Waals surface area contributed by atoms with Crippen molar-refractivity contribution in [3.8, 4) is 5.75 Å². The molecule has 0 aliphatic rings. The Morgan fingerprint density at radius 3 is 2.88 bits per heavy atom. The van der Waals surface area contributed by atoms with Crippen LogP contribution in [0.25, 0.3) is 10.9 Å². The zero-order valence-electron chi connectivity index (χ0n) is 13.7. The van der Waals surface area contributed by atoms with Crippen LogP contribution in [-0.4, -0.2) is 24.5 Å². The lowest BCUT2D eigenvalue weighted by molar-refractivity contribution is 0.0949. The number of benzene rings is 2. The summed E-state index contributed by atoms with van der Waals surface area (Å²) in [4.78, 5) is 15.4. The maximum Gasteiger partial charge on any atom is 0.254 e. The fourth-order valence-electron chi connectivity index (χ4n) is 2.81. The Kier molecular flexibility index (Phi) is 4.51. The number of carbonyl (C=O) groups is 1. The minimum Gasteiger partial charge on any atom is -0.497 e. The van der Waals surface area contributed by atoms with Gasteiger partial charge in [0.15, 0.2) is 0 Å². The first kappa shape index (κ1) is 16.1. The molecule has 124 valence electrons. The number of nitrogens with one attached hydrogen (secondary N) is 2. The van der Waals surface area contributed by atoms with E-state index < -0.39 is 5.82 Å². The van der Waals surface area contributed by atoms with Crippen LogP contribution in [0, 0.1) is 12.7 Å². The number of H-pyrrole nitrogens is 1. The number of fused-ring (bicyclic) bond motifs is 1. The number of aromatic nitrogens is 1. The van der Waals surface area contributed by atoms with E-state index in [1.807, 2.05) is 24.4 Å². The second-order valence-corrected chi connectivity index (χ2v) is 5.66. The molecule has 0 saturated carbocycles. The van der Waals surface area contributed by atoms with Gasteiger partial charge in [-0.3, -0.25) is 4.79 Å². The van der Waals surface area contributed by atoms with Crippen molar-refractivity contribution in [1.82, 2.24) is 10.3 Å². The Labute approximate surface area is 139 Å². The first-order valence-electron chi connectivity index (χ1n) is 7.77. The molecule has 0 aliphatic carbocycles. The average Bonchev–Trinajstić information content (AvgIpc) is 2.97. The molecule has 0 aliphatic heterocycles. The van der Waals surface area contributed by atoms with Gasteiger partial charge in [-0.25, -0.2) is 4.39 Å². The van der Waals surface area contributed by atoms with Crippen molar-refractivity contribution in [3.05, 3.63) is 65.1 Å². The molecule has 1 aromatic heterocycles. The highest BCUT2D eigenvalue weighted by molar-refractivity contribution is 5.96. The maximum atomic E-state index is 13.8. The van der Waals surface area contributed by atoms with E-state index in [4.69, 9.17) is 4.74 Å². The quantitative estimate of drug-likeness (QED) is 0.753. The third-order valence-corrected chi connectivity index (χ3v) is 4.10. The number of ether oxygens (including phenoxy) is 1. The minimum atomic E-state index is -0.496. The molecule has 0 radical (unpaired) electrons. The summed E-state index contributed by atoms with van der Waals surface area (Å²) < 4.78 is 19.1. The van der Waals surface area contributed by atoms with E-state index in [1.165, 1.54) is 6.07 Å². The second kappa shape index (κ2) is 6.74. The van der Waals surface area contributed by atoms with Gasteiger partial charge < -0.3 is 15.0 Å². The lowest BCUT2D eigenvalue weighted by Crippen LogP contribution is -2.27. The molecule has 0 saturated heterocycles. The number of aromatic amines is 1. The van der Waals surface area contributed by atoms with E-state index in [0.29, 0.717) is 18.5 Å². The Hall–Kier alpha value is -2.82. The fraction of sp³-hybridized carbons (Fsp3) is 0.211. The third kappa shape index (κ3) is 3.11. The van der Waals surface area contributed by atoms with E-state index in [2.05, 4.69) is 10.3 Å². The summed E-state index contributed by atoms with van der Waals surface area (Å²) in [5, 5.41) is 3.85. The van der Waals surface area contributed by atoms with Gasteiger partial charge in [-0.1, -0.05) is 12.1 Å². The summed E-state index contributed by atoms with van der Waals surface area (Å²) in [5.74, 6) is -0.0956. The van der Waals surface area contributed by atoms with Gasteiger partial charge in [-0.05, 0) is 48.7 Å². The van der Waals surface area contributed by atoms with Crippen molar-refractivity contribution in [2.75, 3.05) is 13.7 Å². The summed E-state index contributed by atoms with van der Waals surface area (Å²) in [5.41, 5.74) is 2.83. The topological polar surface area (TPSA) is 54.1 Å². The Balaban J connectivity index is 1.69. The van der Waals surface area contributed by atoms with Crippen LogP contribution in [0.1, 0.15) is 21.5 Å². The van der Waals surface area contributed by atoms with Crippen molar-refractivity contribution in [3.63, 3.8) is 0 Å². The molecule has 0 fully saturated rings. The van der Waals surface area contributed by atoms with Crippen LogP contribution in [-0.2, 0) is 6.42 Å². The van der Waals surface area contributed by atoms with Gasteiger partial charge >= 0.3 is 0 Å². The van der Waals surface area contributed by atoms with Crippen LogP contribution < -0.4 is 10.1 Å². The minimum absolute atomic E-state index is 0.109. The number of hydrogen-bond acceptors (Lipinski definition) is 2. The summed E-state index contributed by atoms with van der Waals surface area (Å²) in [6.07, 6.45) is 2.57. The molecule has 2 aromatic carbocycles. The Bertz CT molecular complexity index is 866. The standard InChI is InChI=1S/C19H19FN2O2/c1-12-4-3-5-16(20)18(12)19(23)21-9-8-13-11-22-17-7-6-14(24-2)10-15(13)17/h3-7,10-11,22H,8-9H2,1-2H3,(H,21,23). The summed E-state index contributed by atoms with van der Waals surface area (Å²) in [6, 6.07) is 10.4. The predicted octanol–water partition coefficient (Wildman–Crippen LogP) is 3.60. The van der Waals surface area contributed by atoms with Crippen molar-refractivity contribution in [2.24, 2.45) is 0 Å². The van der Waals surface area contributed by atoms with Crippen molar-refractivity contribution in [1.29, 1.82) is 0 Å². The van der Waals surface area contributed by atoms with Gasteiger partial charge in [0, 0.05) is 23.6 Å². The molecule has 24 heavy (non-hydrogen) atoms. The van der Waals surface area contributed by atoms with Gasteiger partial charge in [0.2, 0.25) is 0 Å². The molecular formula is C19H19FN2O2. The van der Waals surface area contributed by atoms with E-state index in [-0.39, 0.29) is 11.5 Å². The first-order chi connectivity index (χ1) is 11.6. The number of hydrogen-bond donors (Lipinski definition) is 2. The monoisotopic (exact) mass is 326 g/mol. The molecule has 2 N–H and O–H groups in total. The molecule has 0 bridgehead atoms. The van der Waals surface area contributed by atoms with Gasteiger partial charge in [0.25, 0.3) is 5.91 Å². The maximum absolute atomic E-state index is 13.8. The van der Waals surface area contributed by atoms with Crippen LogP contribution in [0.2, 0.25) is 0 Å². The molecule has 1 amide bonds. The zero-order valence-corrected chi connectivity index (χ0v) is 13.7. The van der Waals surface area contributed by atoms with Crippen LogP contribution in [0.4, 0.5) is 4.39 Å². The highest BCUT2D eigenvalue weighted by Gasteiger charge is 2.14. The van der Waals surface area contributed by atoms with E-state index in [9.17, 15) is 9.18 Å². The predicted molar refractivity (Wildman–Crippen MR) is 92.0 cm³/mol. The normalized spacial score (nSPS) is 10.8. The molecule has 4 nitrogen and oxygen atoms in total. The number of methoxy groups -OCH3 is 1. The zero-order chi connectivity index (χ0) is 17.1. The highest BCUT2D eigenvalue weighted by Crippen LogP contribution is 2.23. The lowest BCUT2D eigenvalue weighted by atomic mass is 10.1. The smallest absolute Gasteiger partial charge is 0.254 e. The van der Waals surface area contributed by atoms with Crippen molar-refractivity contribution >= 4 is 16.8 Å². The van der Waals surface area contributed by atoms with E-state index in [0.717, 1.165) is 22.2 Å². The summed E-state index contributed by atoms with van der Waals surface area (Å²) in [6.45, 7) is 2.15. The fourth-order valence-corrected chi connectivity index (χ4v) is 2.81. The second-order valence-electron chi connectivity index (χ2n) is 5.66. The number of carbonyl (C=O) groups excluding carboxylic acids is 1. The van der Waals surface area contributed by atoms with E-state index in [1.54, 1.807) is 26.2 Å². The lowest BCUT2D eigenvalue weighted by Gasteiger charge is -2.08. The third-order valence-electron chi connectivity index (χ3n) is 4.10. The molecule has 0 unspecified atom stereocenters. The molecule has 5 heteroatoms. The molecule has 3 rings (SSSR count). The van der Waals surface area contributed by atoms with Crippen LogP contribution in [0.15, 0.2) is 42.6 Å². The van der Waals surface area contributed by atoms with Crippen LogP contribution >= 0.6 is 0 Å². The number of rotatable bonds is 5. The highest BCUT2D eigenvalue weighted by atomic mass is 19.1. The largest absolute Gasteiger partial charge is 0.497 e. The van der Waals surface area contributed by atoms with Crippen LogP contribution in [0.3, 0.4) is 0 Å². The van der Waals surface area contributed by atoms with Gasteiger partial charge in [0.05, 0.1) is 12.7 Å². The van der Waals surface area contributed by atoms with Crippen molar-refractivity contribution < 1.29 is 13.9 Å². The van der Waals surface area contributed by atoms with Gasteiger partial charge in [-0.2, -0.15) is 0 Å². The molecule has 0 atom stereocenters. The van der Waals surface area contributed by atoms with Gasteiger partial charge in [0.1, 0.15) is 11.6 Å². The SMILES string of the molecule is COc1ccc2[nH]cc(CCNC(=O)c3c(C)cccc3F)c2c1. The number of amides is 1. The first-order valence-corrected chi connectivity index (χ1v) is 7.77. The molecule has 1 heterocycles. The Morgan fingerprint density at radius 2 is 2.12 bits per heavy atom. The van der Waals surface area contributed by atoms with E-state index >= 15 is 0 Å². The molecule has 0 spiro atoms. The Morgan fingerprint density at radius 1 is 1.29 bits per heavy atom. The summed E-state index contributed by atoms with van der Waals surface area (Å²) in [7, 11) is 1.63. The number of aryl methyl sites for hydroxylation is 1. The van der Waals surface area contributed by atoms with Crippen LogP contribution in [0.5, 0.6) is 5.75 Å². The summed E-state index contributed by atoms with van der Waals surface area (Å²) >= 11 is 0. The average molecular weight is 326 g/mol. The number of halogens is 1.